The summed E-state index contributed by atoms with van der Waals surface area (Å²) in [4.78, 5) is 17.4. The highest BCUT2D eigenvalue weighted by Crippen LogP contribution is 2.33. The van der Waals surface area contributed by atoms with Gasteiger partial charge in [-0.3, -0.25) is 4.72 Å². The number of imidazole rings is 1. The highest BCUT2D eigenvalue weighted by Gasteiger charge is 2.20. The third kappa shape index (κ3) is 8.67. The Kier molecular flexibility index (Phi) is 10.5. The molecule has 5 aromatic carbocycles. The Bertz CT molecular complexity index is 2350. The van der Waals surface area contributed by atoms with Gasteiger partial charge in [0.25, 0.3) is 0 Å². The molecule has 0 amide bonds. The lowest BCUT2D eigenvalue weighted by Gasteiger charge is -2.19. The van der Waals surface area contributed by atoms with Crippen molar-refractivity contribution in [2.75, 3.05) is 18.1 Å². The number of halogens is 2. The van der Waals surface area contributed by atoms with E-state index in [4.69, 9.17) is 37.7 Å². The number of carbonyl (C=O) groups excluding carboxylic acids is 1. The molecule has 1 heterocycles. The number of carbonyl (C=O) groups is 1. The van der Waals surface area contributed by atoms with Crippen LogP contribution < -0.4 is 9.46 Å². The van der Waals surface area contributed by atoms with E-state index < -0.39 is 16.0 Å². The van der Waals surface area contributed by atoms with E-state index in [0.29, 0.717) is 39.2 Å². The fourth-order valence-electron chi connectivity index (χ4n) is 5.72. The summed E-state index contributed by atoms with van der Waals surface area (Å²) < 4.78 is 39.7. The molecule has 11 heteroatoms. The van der Waals surface area contributed by atoms with Gasteiger partial charge in [-0.2, -0.15) is 0 Å². The number of sulfonamides is 1. The van der Waals surface area contributed by atoms with Gasteiger partial charge in [-0.25, -0.2) is 18.2 Å². The van der Waals surface area contributed by atoms with Gasteiger partial charge in [0.1, 0.15) is 17.3 Å². The number of rotatable bonds is 10. The second-order valence-corrected chi connectivity index (χ2v) is 16.0. The quantitative estimate of drug-likeness (QED) is 0.140. The molecule has 0 unspecified atom stereocenters. The third-order valence-corrected chi connectivity index (χ3v) is 9.57. The third-order valence-electron chi connectivity index (χ3n) is 8.43. The van der Waals surface area contributed by atoms with Gasteiger partial charge in [0.15, 0.2) is 0 Å². The van der Waals surface area contributed by atoms with Crippen LogP contribution in [0.4, 0.5) is 5.69 Å². The number of methoxy groups -OCH3 is 1. The first kappa shape index (κ1) is 36.7. The van der Waals surface area contributed by atoms with E-state index in [2.05, 4.69) is 49.8 Å². The molecule has 1 N–H and O–H groups in total. The van der Waals surface area contributed by atoms with Crippen LogP contribution in [0.3, 0.4) is 0 Å². The number of aromatic nitrogens is 2. The van der Waals surface area contributed by atoms with E-state index in [1.165, 1.54) is 18.7 Å². The van der Waals surface area contributed by atoms with Crippen molar-refractivity contribution < 1.29 is 22.7 Å². The van der Waals surface area contributed by atoms with Crippen LogP contribution in [0.2, 0.25) is 10.0 Å². The van der Waals surface area contributed by atoms with Crippen LogP contribution in [0.15, 0.2) is 115 Å². The normalized spacial score (nSPS) is 11.7. The van der Waals surface area contributed by atoms with Gasteiger partial charge in [-0.15, -0.1) is 0 Å². The number of esters is 1. The molecule has 266 valence electrons. The molecule has 0 bridgehead atoms. The highest BCUT2D eigenvalue weighted by atomic mass is 35.5. The number of anilines is 1. The zero-order chi connectivity index (χ0) is 37.2. The first-order valence-corrected chi connectivity index (χ1v) is 19.0. The molecular weight excluding hydrogens is 717 g/mol. The van der Waals surface area contributed by atoms with E-state index >= 15 is 0 Å². The van der Waals surface area contributed by atoms with Crippen molar-refractivity contribution in [3.63, 3.8) is 0 Å². The fraction of sp³-hybridized carbons (Fsp3) is 0.171. The van der Waals surface area contributed by atoms with Crippen LogP contribution in [-0.2, 0) is 26.6 Å². The average molecular weight is 755 g/mol. The predicted octanol–water partition coefficient (Wildman–Crippen LogP) is 10.4. The van der Waals surface area contributed by atoms with Crippen LogP contribution in [0.5, 0.6) is 11.5 Å². The summed E-state index contributed by atoms with van der Waals surface area (Å²) in [6.07, 6.45) is 3.27. The molecule has 0 radical (unpaired) electrons. The number of hydrogen-bond donors (Lipinski definition) is 1. The number of hydrogen-bond acceptors (Lipinski definition) is 6. The maximum atomic E-state index is 12.5. The van der Waals surface area contributed by atoms with Crippen molar-refractivity contribution in [1.82, 2.24) is 9.55 Å². The Hall–Kier alpha value is -5.09. The molecule has 52 heavy (non-hydrogen) atoms. The standard InChI is InChI=1S/C41H37Cl2N3O5S/c1-41(2,3)29-12-18-33(19-13-29)51-32-16-10-28(11-17-32)27-8-6-26(7-9-27)22-39-44-38(34-20-14-30(42)23-36(34)43)25-46(39)31-15-21-35(40(47)50-4)37(24-31)45-52(5,48)49/h6-21,23-25,45H,22H2,1-5H3. The molecule has 1 aromatic heterocycles. The van der Waals surface area contributed by atoms with Gasteiger partial charge in [-0.1, -0.05) is 92.5 Å². The molecule has 0 atom stereocenters. The highest BCUT2D eigenvalue weighted by molar-refractivity contribution is 7.92. The summed E-state index contributed by atoms with van der Waals surface area (Å²) in [7, 11) is -2.48. The Labute approximate surface area is 314 Å². The second kappa shape index (κ2) is 14.9. The molecule has 6 rings (SSSR count). The van der Waals surface area contributed by atoms with Gasteiger partial charge in [0.05, 0.1) is 35.3 Å². The van der Waals surface area contributed by atoms with Gasteiger partial charge in [-0.05, 0) is 88.3 Å². The number of benzene rings is 5. The number of nitrogens with zero attached hydrogens (tertiary/aromatic N) is 2. The lowest BCUT2D eigenvalue weighted by atomic mass is 9.87. The van der Waals surface area contributed by atoms with E-state index in [1.807, 2.05) is 59.3 Å². The topological polar surface area (TPSA) is 99.5 Å². The molecule has 0 aliphatic carbocycles. The van der Waals surface area contributed by atoms with Crippen LogP contribution in [0.25, 0.3) is 28.1 Å². The van der Waals surface area contributed by atoms with Crippen molar-refractivity contribution in [2.24, 2.45) is 0 Å². The Morgan fingerprint density at radius 1 is 0.827 bits per heavy atom. The van der Waals surface area contributed by atoms with Gasteiger partial charge < -0.3 is 14.0 Å². The first-order valence-electron chi connectivity index (χ1n) is 16.4. The molecule has 8 nitrogen and oxygen atoms in total. The van der Waals surface area contributed by atoms with Crippen LogP contribution in [0.1, 0.15) is 48.1 Å². The van der Waals surface area contributed by atoms with Crippen molar-refractivity contribution in [2.45, 2.75) is 32.6 Å². The molecule has 0 spiro atoms. The maximum Gasteiger partial charge on any atom is 0.339 e. The first-order chi connectivity index (χ1) is 24.7. The van der Waals surface area contributed by atoms with Crippen LogP contribution >= 0.6 is 23.2 Å². The predicted molar refractivity (Wildman–Crippen MR) is 209 cm³/mol. The zero-order valence-electron chi connectivity index (χ0n) is 29.3. The number of nitrogens with one attached hydrogen (secondary N) is 1. The van der Waals surface area contributed by atoms with Crippen molar-refractivity contribution in [3.05, 3.63) is 148 Å². The Morgan fingerprint density at radius 2 is 1.44 bits per heavy atom. The summed E-state index contributed by atoms with van der Waals surface area (Å²) in [6, 6.07) is 34.3. The molecule has 0 aliphatic heterocycles. The van der Waals surface area contributed by atoms with Gasteiger partial charge in [0, 0.05) is 28.9 Å². The zero-order valence-corrected chi connectivity index (χ0v) is 31.6. The molecular formula is C41H37Cl2N3O5S. The minimum Gasteiger partial charge on any atom is -0.465 e. The molecule has 6 aromatic rings. The molecule has 0 aliphatic rings. The number of ether oxygens (including phenoxy) is 2. The van der Waals surface area contributed by atoms with E-state index in [1.54, 1.807) is 30.3 Å². The largest absolute Gasteiger partial charge is 0.465 e. The average Bonchev–Trinajstić information content (AvgIpc) is 3.51. The smallest absolute Gasteiger partial charge is 0.339 e. The van der Waals surface area contributed by atoms with Gasteiger partial charge >= 0.3 is 5.97 Å². The summed E-state index contributed by atoms with van der Waals surface area (Å²) in [5, 5.41) is 0.930. The molecule has 0 fully saturated rings. The van der Waals surface area contributed by atoms with Crippen LogP contribution in [-0.4, -0.2) is 37.3 Å². The summed E-state index contributed by atoms with van der Waals surface area (Å²) in [5.41, 5.74) is 6.39. The summed E-state index contributed by atoms with van der Waals surface area (Å²) >= 11 is 12.7. The second-order valence-electron chi connectivity index (χ2n) is 13.4. The van der Waals surface area contributed by atoms with Gasteiger partial charge in [0.2, 0.25) is 10.0 Å². The lowest BCUT2D eigenvalue weighted by molar-refractivity contribution is 0.0602. The van der Waals surface area contributed by atoms with E-state index in [-0.39, 0.29) is 16.7 Å². The monoisotopic (exact) mass is 753 g/mol. The maximum absolute atomic E-state index is 12.5. The molecule has 0 saturated heterocycles. The summed E-state index contributed by atoms with van der Waals surface area (Å²) in [5.74, 6) is 1.52. The van der Waals surface area contributed by atoms with Crippen LogP contribution in [0, 0.1) is 0 Å². The Morgan fingerprint density at radius 3 is 2.02 bits per heavy atom. The van der Waals surface area contributed by atoms with Crippen molar-refractivity contribution in [1.29, 1.82) is 0 Å². The summed E-state index contributed by atoms with van der Waals surface area (Å²) in [6.45, 7) is 6.56. The van der Waals surface area contributed by atoms with Crippen molar-refractivity contribution in [3.8, 4) is 39.6 Å². The van der Waals surface area contributed by atoms with E-state index in [0.717, 1.165) is 34.4 Å². The minimum atomic E-state index is -3.72. The SMILES string of the molecule is COC(=O)c1ccc(-n2cc(-c3ccc(Cl)cc3Cl)nc2Cc2ccc(-c3ccc(Oc4ccc(C(C)(C)C)cc4)cc3)cc2)cc1NS(C)(=O)=O. The fourth-order valence-corrected chi connectivity index (χ4v) is 6.79. The lowest BCUT2D eigenvalue weighted by Crippen LogP contribution is -2.15. The minimum absolute atomic E-state index is 0.0734. The van der Waals surface area contributed by atoms with E-state index in [9.17, 15) is 13.2 Å². The molecule has 0 saturated carbocycles. The van der Waals surface area contributed by atoms with Crippen molar-refractivity contribution >= 4 is 44.9 Å². The Balaban J connectivity index is 1.28.